The van der Waals surface area contributed by atoms with Gasteiger partial charge < -0.3 is 19.8 Å². The van der Waals surface area contributed by atoms with Crippen LogP contribution in [0, 0.1) is 0 Å². The topological polar surface area (TPSA) is 52.9 Å². The maximum Gasteiger partial charge on any atom is 0.169 e. The van der Waals surface area contributed by atoms with Gasteiger partial charge in [-0.25, -0.2) is 0 Å². The lowest BCUT2D eigenvalue weighted by Gasteiger charge is -2.19. The minimum Gasteiger partial charge on any atom is -0.383 e. The lowest BCUT2D eigenvalue weighted by atomic mass is 10.5. The van der Waals surface area contributed by atoms with E-state index >= 15 is 0 Å². The van der Waals surface area contributed by atoms with E-state index in [0.717, 1.165) is 0 Å². The molecule has 0 bridgehead atoms. The number of aliphatic hydroxyl groups excluding tert-OH is 1. The fourth-order valence-electron chi connectivity index (χ4n) is 0.675. The Hall–Kier alpha value is -0.580. The Morgan fingerprint density at radius 2 is 2.27 bits per heavy atom. The van der Waals surface area contributed by atoms with Crippen LogP contribution >= 0.6 is 0 Å². The molecule has 0 radical (unpaired) electrons. The predicted octanol–water partition coefficient (Wildman–Crippen LogP) is -0.611. The highest BCUT2D eigenvalue weighted by Gasteiger charge is 2.02. The van der Waals surface area contributed by atoms with Gasteiger partial charge in [-0.05, 0) is 6.20 Å². The summed E-state index contributed by atoms with van der Waals surface area (Å²) in [6, 6.07) is 0. The maximum atomic E-state index is 8.58. The zero-order valence-electron chi connectivity index (χ0n) is 6.73. The van der Waals surface area contributed by atoms with Crippen molar-refractivity contribution in [3.05, 3.63) is 12.8 Å². The summed E-state index contributed by atoms with van der Waals surface area (Å²) in [5, 5.41) is 17.2. The molecule has 0 aromatic heterocycles. The molecule has 0 aromatic rings. The Morgan fingerprint density at radius 1 is 1.64 bits per heavy atom. The molecule has 0 atom stereocenters. The molecular formula is C7H15NO3. The molecule has 0 amide bonds. The first-order valence-electron chi connectivity index (χ1n) is 3.42. The van der Waals surface area contributed by atoms with E-state index in [9.17, 15) is 0 Å². The molecule has 0 fully saturated rings. The van der Waals surface area contributed by atoms with Gasteiger partial charge in [0.15, 0.2) is 6.29 Å². The third-order valence-electron chi connectivity index (χ3n) is 1.24. The van der Waals surface area contributed by atoms with E-state index in [2.05, 4.69) is 6.58 Å². The summed E-state index contributed by atoms with van der Waals surface area (Å²) in [5.41, 5.74) is 0. The van der Waals surface area contributed by atoms with E-state index in [1.807, 2.05) is 0 Å². The molecule has 0 aliphatic carbocycles. The van der Waals surface area contributed by atoms with Crippen LogP contribution < -0.4 is 0 Å². The minimum atomic E-state index is -1.31. The number of hydrogen-bond donors (Lipinski definition) is 2. The number of aliphatic hydroxyl groups is 2. The monoisotopic (exact) mass is 161 g/mol. The van der Waals surface area contributed by atoms with Crippen molar-refractivity contribution >= 4 is 0 Å². The number of methoxy groups -OCH3 is 1. The third-order valence-corrected chi connectivity index (χ3v) is 1.24. The van der Waals surface area contributed by atoms with Crippen LogP contribution in [-0.4, -0.2) is 48.2 Å². The molecule has 11 heavy (non-hydrogen) atoms. The van der Waals surface area contributed by atoms with Crippen LogP contribution in [0.1, 0.15) is 0 Å². The SMILES string of the molecule is C=CN(CCOC)CC(O)O. The highest BCUT2D eigenvalue weighted by molar-refractivity contribution is 4.70. The zero-order valence-corrected chi connectivity index (χ0v) is 6.73. The van der Waals surface area contributed by atoms with Crippen LogP contribution in [0.5, 0.6) is 0 Å². The van der Waals surface area contributed by atoms with Gasteiger partial charge in [0.2, 0.25) is 0 Å². The molecule has 0 unspecified atom stereocenters. The van der Waals surface area contributed by atoms with Gasteiger partial charge in [-0.2, -0.15) is 0 Å². The van der Waals surface area contributed by atoms with Crippen molar-refractivity contribution in [3.63, 3.8) is 0 Å². The van der Waals surface area contributed by atoms with Crippen LogP contribution in [0.25, 0.3) is 0 Å². The summed E-state index contributed by atoms with van der Waals surface area (Å²) in [5.74, 6) is 0. The molecule has 0 rings (SSSR count). The van der Waals surface area contributed by atoms with Crippen molar-refractivity contribution in [2.75, 3.05) is 26.8 Å². The molecule has 4 nitrogen and oxygen atoms in total. The largest absolute Gasteiger partial charge is 0.383 e. The summed E-state index contributed by atoms with van der Waals surface area (Å²) in [7, 11) is 1.59. The van der Waals surface area contributed by atoms with Crippen molar-refractivity contribution in [2.45, 2.75) is 6.29 Å². The van der Waals surface area contributed by atoms with E-state index < -0.39 is 6.29 Å². The number of nitrogens with zero attached hydrogens (tertiary/aromatic N) is 1. The smallest absolute Gasteiger partial charge is 0.169 e. The van der Waals surface area contributed by atoms with Gasteiger partial charge >= 0.3 is 0 Å². The van der Waals surface area contributed by atoms with Gasteiger partial charge in [-0.1, -0.05) is 6.58 Å². The first-order chi connectivity index (χ1) is 5.20. The Bertz CT molecular complexity index is 106. The number of rotatable bonds is 6. The highest BCUT2D eigenvalue weighted by Crippen LogP contribution is 1.90. The number of hydrogen-bond acceptors (Lipinski definition) is 4. The van der Waals surface area contributed by atoms with Gasteiger partial charge in [0.25, 0.3) is 0 Å². The first-order valence-corrected chi connectivity index (χ1v) is 3.42. The Labute approximate surface area is 66.7 Å². The van der Waals surface area contributed by atoms with E-state index in [4.69, 9.17) is 14.9 Å². The van der Waals surface area contributed by atoms with Gasteiger partial charge in [-0.3, -0.25) is 0 Å². The van der Waals surface area contributed by atoms with Crippen molar-refractivity contribution in [3.8, 4) is 0 Å². The minimum absolute atomic E-state index is 0.173. The van der Waals surface area contributed by atoms with Gasteiger partial charge in [-0.15, -0.1) is 0 Å². The summed E-state index contributed by atoms with van der Waals surface area (Å²) in [6.07, 6.45) is 0.239. The third kappa shape index (κ3) is 5.84. The molecule has 0 aromatic carbocycles. The fraction of sp³-hybridized carbons (Fsp3) is 0.714. The second-order valence-corrected chi connectivity index (χ2v) is 2.15. The standard InChI is InChI=1S/C7H15NO3/c1-3-8(4-5-11-2)6-7(9)10/h3,7,9-10H,1,4-6H2,2H3. The predicted molar refractivity (Wildman–Crippen MR) is 41.9 cm³/mol. The van der Waals surface area contributed by atoms with Crippen LogP contribution in [0.3, 0.4) is 0 Å². The molecule has 0 spiro atoms. The van der Waals surface area contributed by atoms with Crippen LogP contribution in [0.15, 0.2) is 12.8 Å². The van der Waals surface area contributed by atoms with Crippen LogP contribution in [0.2, 0.25) is 0 Å². The second kappa shape index (κ2) is 6.15. The van der Waals surface area contributed by atoms with E-state index in [1.165, 1.54) is 0 Å². The van der Waals surface area contributed by atoms with Gasteiger partial charge in [0.1, 0.15) is 0 Å². The lowest BCUT2D eigenvalue weighted by molar-refractivity contribution is -0.0557. The van der Waals surface area contributed by atoms with Crippen molar-refractivity contribution in [1.29, 1.82) is 0 Å². The maximum absolute atomic E-state index is 8.58. The normalized spacial score (nSPS) is 10.2. The van der Waals surface area contributed by atoms with E-state index in [0.29, 0.717) is 13.2 Å². The molecule has 0 heterocycles. The van der Waals surface area contributed by atoms with E-state index in [-0.39, 0.29) is 6.54 Å². The quantitative estimate of drug-likeness (QED) is 0.510. The average molecular weight is 161 g/mol. The molecule has 66 valence electrons. The molecule has 0 aliphatic heterocycles. The lowest BCUT2D eigenvalue weighted by Crippen LogP contribution is -2.30. The zero-order chi connectivity index (χ0) is 8.69. The summed E-state index contributed by atoms with van der Waals surface area (Å²) >= 11 is 0. The Balaban J connectivity index is 3.49. The van der Waals surface area contributed by atoms with Crippen molar-refractivity contribution in [1.82, 2.24) is 4.90 Å². The highest BCUT2D eigenvalue weighted by atomic mass is 16.5. The molecule has 0 aliphatic rings. The fourth-order valence-corrected chi connectivity index (χ4v) is 0.675. The first kappa shape index (κ1) is 10.4. The molecule has 0 saturated heterocycles. The van der Waals surface area contributed by atoms with Crippen molar-refractivity contribution in [2.24, 2.45) is 0 Å². The van der Waals surface area contributed by atoms with E-state index in [1.54, 1.807) is 18.2 Å². The molecule has 0 saturated carbocycles. The molecule has 2 N–H and O–H groups in total. The van der Waals surface area contributed by atoms with Gasteiger partial charge in [0.05, 0.1) is 13.2 Å². The average Bonchev–Trinajstić information content (AvgIpc) is 1.97. The molecular weight excluding hydrogens is 146 g/mol. The number of ether oxygens (including phenoxy) is 1. The Kier molecular flexibility index (Phi) is 5.83. The summed E-state index contributed by atoms with van der Waals surface area (Å²) < 4.78 is 4.80. The summed E-state index contributed by atoms with van der Waals surface area (Å²) in [4.78, 5) is 1.67. The Morgan fingerprint density at radius 3 is 2.64 bits per heavy atom. The van der Waals surface area contributed by atoms with Gasteiger partial charge in [0, 0.05) is 13.7 Å². The van der Waals surface area contributed by atoms with Crippen LogP contribution in [-0.2, 0) is 4.74 Å². The second-order valence-electron chi connectivity index (χ2n) is 2.15. The molecule has 4 heteroatoms. The van der Waals surface area contributed by atoms with Crippen LogP contribution in [0.4, 0.5) is 0 Å². The summed E-state index contributed by atoms with van der Waals surface area (Å²) in [6.45, 7) is 4.87. The van der Waals surface area contributed by atoms with Crippen molar-refractivity contribution < 1.29 is 14.9 Å².